The van der Waals surface area contributed by atoms with Gasteiger partial charge in [-0.3, -0.25) is 4.90 Å². The lowest BCUT2D eigenvalue weighted by atomic mass is 9.80. The lowest BCUT2D eigenvalue weighted by molar-refractivity contribution is -0.00564. The average molecular weight is 242 g/mol. The fraction of sp³-hybridized carbons (Fsp3) is 1.00. The third-order valence-electron chi connectivity index (χ3n) is 4.58. The third kappa shape index (κ3) is 3.94. The Hall–Kier alpha value is -0.120. The molecule has 0 heterocycles. The van der Waals surface area contributed by atoms with E-state index in [1.54, 1.807) is 7.11 Å². The van der Waals surface area contributed by atoms with Gasteiger partial charge in [-0.2, -0.15) is 0 Å². The van der Waals surface area contributed by atoms with Crippen LogP contribution >= 0.6 is 0 Å². The van der Waals surface area contributed by atoms with Crippen molar-refractivity contribution < 1.29 is 4.74 Å². The quantitative estimate of drug-likeness (QED) is 0.777. The van der Waals surface area contributed by atoms with Crippen molar-refractivity contribution in [1.82, 2.24) is 4.90 Å². The summed E-state index contributed by atoms with van der Waals surface area (Å²) in [5.74, 6) is 0. The molecule has 1 aliphatic carbocycles. The van der Waals surface area contributed by atoms with Crippen molar-refractivity contribution in [3.63, 3.8) is 0 Å². The summed E-state index contributed by atoms with van der Waals surface area (Å²) in [5, 5.41) is 0. The van der Waals surface area contributed by atoms with E-state index in [4.69, 9.17) is 10.5 Å². The van der Waals surface area contributed by atoms with E-state index in [0.717, 1.165) is 19.5 Å². The molecule has 0 aromatic heterocycles. The van der Waals surface area contributed by atoms with Gasteiger partial charge in [-0.05, 0) is 40.2 Å². The summed E-state index contributed by atoms with van der Waals surface area (Å²) in [4.78, 5) is 2.48. The van der Waals surface area contributed by atoms with Crippen molar-refractivity contribution in [2.24, 2.45) is 5.73 Å². The van der Waals surface area contributed by atoms with Gasteiger partial charge in [-0.15, -0.1) is 0 Å². The molecule has 0 radical (unpaired) electrons. The zero-order valence-electron chi connectivity index (χ0n) is 12.1. The van der Waals surface area contributed by atoms with Crippen LogP contribution in [0, 0.1) is 0 Å². The van der Waals surface area contributed by atoms with Crippen LogP contribution in [0.5, 0.6) is 0 Å². The minimum atomic E-state index is -0.0291. The molecule has 0 aromatic rings. The van der Waals surface area contributed by atoms with Crippen LogP contribution in [-0.2, 0) is 4.74 Å². The Morgan fingerprint density at radius 2 is 1.82 bits per heavy atom. The molecule has 1 rings (SSSR count). The van der Waals surface area contributed by atoms with E-state index in [1.165, 1.54) is 32.1 Å². The van der Waals surface area contributed by atoms with Crippen molar-refractivity contribution in [3.05, 3.63) is 0 Å². The van der Waals surface area contributed by atoms with Gasteiger partial charge in [0.2, 0.25) is 0 Å². The standard InChI is InChI=1S/C14H30N2O/c1-13(2,17-4)10-11-16(3)14(12-15)8-6-5-7-9-14/h5-12,15H2,1-4H3. The van der Waals surface area contributed by atoms with Crippen molar-refractivity contribution in [1.29, 1.82) is 0 Å². The molecule has 0 amide bonds. The highest BCUT2D eigenvalue weighted by atomic mass is 16.5. The highest BCUT2D eigenvalue weighted by molar-refractivity contribution is 4.93. The molecule has 0 aliphatic heterocycles. The first-order chi connectivity index (χ1) is 7.96. The minimum absolute atomic E-state index is 0.0291. The molecule has 0 atom stereocenters. The van der Waals surface area contributed by atoms with E-state index >= 15 is 0 Å². The third-order valence-corrected chi connectivity index (χ3v) is 4.58. The van der Waals surface area contributed by atoms with E-state index in [0.29, 0.717) is 0 Å². The second kappa shape index (κ2) is 6.17. The van der Waals surface area contributed by atoms with E-state index in [9.17, 15) is 0 Å². The van der Waals surface area contributed by atoms with Gasteiger partial charge in [-0.1, -0.05) is 19.3 Å². The SMILES string of the molecule is COC(C)(C)CCN(C)C1(CN)CCCCC1. The van der Waals surface area contributed by atoms with Crippen molar-refractivity contribution in [2.45, 2.75) is 63.5 Å². The van der Waals surface area contributed by atoms with Crippen LogP contribution in [0.25, 0.3) is 0 Å². The van der Waals surface area contributed by atoms with Gasteiger partial charge >= 0.3 is 0 Å². The number of nitrogens with zero attached hydrogens (tertiary/aromatic N) is 1. The summed E-state index contributed by atoms with van der Waals surface area (Å²) in [6, 6.07) is 0. The summed E-state index contributed by atoms with van der Waals surface area (Å²) in [5.41, 5.74) is 6.26. The maximum atomic E-state index is 6.04. The number of rotatable bonds is 6. The molecule has 0 bridgehead atoms. The van der Waals surface area contributed by atoms with Crippen LogP contribution in [0.1, 0.15) is 52.4 Å². The van der Waals surface area contributed by atoms with Crippen molar-refractivity contribution in [3.8, 4) is 0 Å². The Balaban J connectivity index is 2.51. The molecule has 3 nitrogen and oxygen atoms in total. The molecule has 1 aliphatic rings. The van der Waals surface area contributed by atoms with E-state index in [1.807, 2.05) is 0 Å². The lowest BCUT2D eigenvalue weighted by Gasteiger charge is -2.45. The second-order valence-electron chi connectivity index (χ2n) is 6.12. The summed E-state index contributed by atoms with van der Waals surface area (Å²) < 4.78 is 5.48. The predicted molar refractivity (Wildman–Crippen MR) is 73.2 cm³/mol. The molecule has 1 saturated carbocycles. The zero-order chi connectivity index (χ0) is 12.9. The maximum absolute atomic E-state index is 6.04. The van der Waals surface area contributed by atoms with Gasteiger partial charge in [-0.25, -0.2) is 0 Å². The molecular formula is C14H30N2O. The van der Waals surface area contributed by atoms with Crippen LogP contribution in [0.15, 0.2) is 0 Å². The molecule has 0 aromatic carbocycles. The molecule has 0 unspecified atom stereocenters. The normalized spacial score (nSPS) is 20.8. The minimum Gasteiger partial charge on any atom is -0.379 e. The summed E-state index contributed by atoms with van der Waals surface area (Å²) >= 11 is 0. The molecule has 0 saturated heterocycles. The van der Waals surface area contributed by atoms with Crippen molar-refractivity contribution >= 4 is 0 Å². The Bertz CT molecular complexity index is 222. The molecule has 1 fully saturated rings. The molecular weight excluding hydrogens is 212 g/mol. The first kappa shape index (κ1) is 14.9. The van der Waals surface area contributed by atoms with Gasteiger partial charge in [0.05, 0.1) is 5.60 Å². The highest BCUT2D eigenvalue weighted by Gasteiger charge is 2.35. The Kier molecular flexibility index (Phi) is 5.42. The van der Waals surface area contributed by atoms with Gasteiger partial charge in [0.25, 0.3) is 0 Å². The first-order valence-corrected chi connectivity index (χ1v) is 6.92. The molecule has 0 spiro atoms. The summed E-state index contributed by atoms with van der Waals surface area (Å²) in [6.07, 6.45) is 7.60. The molecule has 3 heteroatoms. The smallest absolute Gasteiger partial charge is 0.0634 e. The van der Waals surface area contributed by atoms with Gasteiger partial charge < -0.3 is 10.5 Å². The number of hydrogen-bond acceptors (Lipinski definition) is 3. The predicted octanol–water partition coefficient (Wildman–Crippen LogP) is 2.39. The van der Waals surface area contributed by atoms with Crippen LogP contribution in [0.4, 0.5) is 0 Å². The largest absolute Gasteiger partial charge is 0.379 e. The summed E-state index contributed by atoms with van der Waals surface area (Å²) in [7, 11) is 4.02. The Morgan fingerprint density at radius 1 is 1.24 bits per heavy atom. The fourth-order valence-electron chi connectivity index (χ4n) is 2.73. The van der Waals surface area contributed by atoms with Crippen LogP contribution < -0.4 is 5.73 Å². The molecule has 2 N–H and O–H groups in total. The first-order valence-electron chi connectivity index (χ1n) is 6.92. The summed E-state index contributed by atoms with van der Waals surface area (Å²) in [6.45, 7) is 6.16. The number of hydrogen-bond donors (Lipinski definition) is 1. The average Bonchev–Trinajstić information content (AvgIpc) is 2.37. The van der Waals surface area contributed by atoms with Crippen molar-refractivity contribution in [2.75, 3.05) is 27.2 Å². The van der Waals surface area contributed by atoms with Crippen LogP contribution in [0.3, 0.4) is 0 Å². The second-order valence-corrected chi connectivity index (χ2v) is 6.12. The fourth-order valence-corrected chi connectivity index (χ4v) is 2.73. The number of likely N-dealkylation sites (N-methyl/N-ethyl adjacent to an activating group) is 1. The van der Waals surface area contributed by atoms with Crippen LogP contribution in [0.2, 0.25) is 0 Å². The Morgan fingerprint density at radius 3 is 2.29 bits per heavy atom. The number of nitrogens with two attached hydrogens (primary N) is 1. The number of ether oxygens (including phenoxy) is 1. The Labute approximate surface area is 107 Å². The maximum Gasteiger partial charge on any atom is 0.0634 e. The molecule has 17 heavy (non-hydrogen) atoms. The van der Waals surface area contributed by atoms with E-state index in [-0.39, 0.29) is 11.1 Å². The topological polar surface area (TPSA) is 38.5 Å². The van der Waals surface area contributed by atoms with Gasteiger partial charge in [0.15, 0.2) is 0 Å². The van der Waals surface area contributed by atoms with E-state index in [2.05, 4.69) is 25.8 Å². The van der Waals surface area contributed by atoms with Gasteiger partial charge in [0, 0.05) is 25.7 Å². The van der Waals surface area contributed by atoms with E-state index < -0.39 is 0 Å². The highest BCUT2D eigenvalue weighted by Crippen LogP contribution is 2.32. The monoisotopic (exact) mass is 242 g/mol. The lowest BCUT2D eigenvalue weighted by Crippen LogP contribution is -2.54. The van der Waals surface area contributed by atoms with Crippen LogP contribution in [-0.4, -0.2) is 43.3 Å². The zero-order valence-corrected chi connectivity index (χ0v) is 12.1. The number of methoxy groups -OCH3 is 1. The van der Waals surface area contributed by atoms with Gasteiger partial charge in [0.1, 0.15) is 0 Å². The molecule has 102 valence electrons.